The number of hydrogen-bond donors (Lipinski definition) is 1. The van der Waals surface area contributed by atoms with Crippen LogP contribution in [-0.2, 0) is 4.74 Å². The summed E-state index contributed by atoms with van der Waals surface area (Å²) in [6.07, 6.45) is 8.18. The molecule has 2 aliphatic heterocycles. The molecule has 0 saturated carbocycles. The summed E-state index contributed by atoms with van der Waals surface area (Å²) in [7, 11) is 0. The lowest BCUT2D eigenvalue weighted by Gasteiger charge is -2.34. The van der Waals surface area contributed by atoms with Crippen LogP contribution in [0, 0.1) is 23.7 Å². The van der Waals surface area contributed by atoms with Gasteiger partial charge in [-0.25, -0.2) is 0 Å². The molecular formula is C17H33NO. The first-order chi connectivity index (χ1) is 9.15. The maximum Gasteiger partial charge on any atom is 0.0497 e. The third-order valence-corrected chi connectivity index (χ3v) is 4.96. The zero-order valence-electron chi connectivity index (χ0n) is 13.2. The zero-order valence-corrected chi connectivity index (χ0v) is 13.2. The predicted molar refractivity (Wildman–Crippen MR) is 81.3 cm³/mol. The van der Waals surface area contributed by atoms with Crippen molar-refractivity contribution >= 4 is 0 Å². The van der Waals surface area contributed by atoms with Crippen LogP contribution in [0.5, 0.6) is 0 Å². The highest BCUT2D eigenvalue weighted by molar-refractivity contribution is 4.80. The Morgan fingerprint density at radius 3 is 2.58 bits per heavy atom. The fraction of sp³-hybridized carbons (Fsp3) is 1.00. The molecule has 2 heteroatoms. The Bertz CT molecular complexity index is 248. The molecule has 0 aliphatic carbocycles. The van der Waals surface area contributed by atoms with Gasteiger partial charge >= 0.3 is 0 Å². The molecule has 4 atom stereocenters. The highest BCUT2D eigenvalue weighted by Gasteiger charge is 2.28. The van der Waals surface area contributed by atoms with Crippen LogP contribution in [-0.4, -0.2) is 25.8 Å². The van der Waals surface area contributed by atoms with E-state index in [4.69, 9.17) is 4.74 Å². The highest BCUT2D eigenvalue weighted by atomic mass is 16.5. The minimum Gasteiger partial charge on any atom is -0.381 e. The molecule has 0 bridgehead atoms. The van der Waals surface area contributed by atoms with Gasteiger partial charge in [0.15, 0.2) is 0 Å². The minimum atomic E-state index is 0.794. The van der Waals surface area contributed by atoms with E-state index in [9.17, 15) is 0 Å². The topological polar surface area (TPSA) is 21.3 Å². The van der Waals surface area contributed by atoms with Gasteiger partial charge in [0.2, 0.25) is 0 Å². The molecule has 0 aromatic rings. The van der Waals surface area contributed by atoms with Crippen molar-refractivity contribution in [3.63, 3.8) is 0 Å². The van der Waals surface area contributed by atoms with Gasteiger partial charge in [-0.05, 0) is 68.7 Å². The standard InChI is InChI=1S/C17H33NO/c1-13(2)9-15-6-8-19-12-16(15)10-14(3)11-17-5-4-7-18-17/h13-18H,4-12H2,1-3H3. The number of rotatable bonds is 6. The smallest absolute Gasteiger partial charge is 0.0497 e. The molecule has 2 aliphatic rings. The summed E-state index contributed by atoms with van der Waals surface area (Å²) in [6.45, 7) is 10.4. The Labute approximate surface area is 119 Å². The molecule has 2 saturated heterocycles. The molecule has 2 rings (SSSR count). The Balaban J connectivity index is 1.77. The Hall–Kier alpha value is -0.0800. The summed E-state index contributed by atoms with van der Waals surface area (Å²) in [4.78, 5) is 0. The Morgan fingerprint density at radius 2 is 1.89 bits per heavy atom. The van der Waals surface area contributed by atoms with E-state index in [1.807, 2.05) is 0 Å². The first-order valence-electron chi connectivity index (χ1n) is 8.46. The zero-order chi connectivity index (χ0) is 13.7. The van der Waals surface area contributed by atoms with Crippen molar-refractivity contribution in [3.05, 3.63) is 0 Å². The van der Waals surface area contributed by atoms with Crippen molar-refractivity contribution in [2.75, 3.05) is 19.8 Å². The molecular weight excluding hydrogens is 234 g/mol. The van der Waals surface area contributed by atoms with Crippen molar-refractivity contribution in [1.29, 1.82) is 0 Å². The molecule has 0 aromatic carbocycles. The van der Waals surface area contributed by atoms with Crippen LogP contribution in [0.4, 0.5) is 0 Å². The average Bonchev–Trinajstić information content (AvgIpc) is 2.83. The number of hydrogen-bond acceptors (Lipinski definition) is 2. The molecule has 2 fully saturated rings. The first-order valence-corrected chi connectivity index (χ1v) is 8.46. The van der Waals surface area contributed by atoms with Crippen molar-refractivity contribution in [3.8, 4) is 0 Å². The van der Waals surface area contributed by atoms with Gasteiger partial charge < -0.3 is 10.1 Å². The van der Waals surface area contributed by atoms with E-state index < -0.39 is 0 Å². The maximum absolute atomic E-state index is 5.75. The summed E-state index contributed by atoms with van der Waals surface area (Å²) < 4.78 is 5.75. The van der Waals surface area contributed by atoms with E-state index in [2.05, 4.69) is 26.1 Å². The van der Waals surface area contributed by atoms with Crippen LogP contribution in [0.15, 0.2) is 0 Å². The van der Waals surface area contributed by atoms with E-state index in [1.54, 1.807) is 0 Å². The van der Waals surface area contributed by atoms with Crippen molar-refractivity contribution < 1.29 is 4.74 Å². The largest absolute Gasteiger partial charge is 0.381 e. The Kier molecular flexibility index (Phi) is 6.15. The van der Waals surface area contributed by atoms with Crippen molar-refractivity contribution in [1.82, 2.24) is 5.32 Å². The predicted octanol–water partition coefficient (Wildman–Crippen LogP) is 3.85. The molecule has 4 unspecified atom stereocenters. The SMILES string of the molecule is CC(C)CC1CCOCC1CC(C)CC1CCCN1. The van der Waals surface area contributed by atoms with Crippen LogP contribution in [0.25, 0.3) is 0 Å². The van der Waals surface area contributed by atoms with Gasteiger partial charge in [-0.15, -0.1) is 0 Å². The van der Waals surface area contributed by atoms with Crippen LogP contribution in [0.2, 0.25) is 0 Å². The van der Waals surface area contributed by atoms with Crippen LogP contribution in [0.1, 0.15) is 59.3 Å². The third kappa shape index (κ3) is 5.07. The first kappa shape index (κ1) is 15.3. The molecule has 19 heavy (non-hydrogen) atoms. The average molecular weight is 267 g/mol. The number of ether oxygens (including phenoxy) is 1. The van der Waals surface area contributed by atoms with Gasteiger partial charge in [0.1, 0.15) is 0 Å². The van der Waals surface area contributed by atoms with Crippen LogP contribution >= 0.6 is 0 Å². The quantitative estimate of drug-likeness (QED) is 0.789. The lowest BCUT2D eigenvalue weighted by Crippen LogP contribution is -2.31. The third-order valence-electron chi connectivity index (χ3n) is 4.96. The lowest BCUT2D eigenvalue weighted by molar-refractivity contribution is 0.000313. The summed E-state index contributed by atoms with van der Waals surface area (Å²) in [5, 5.41) is 3.64. The minimum absolute atomic E-state index is 0.794. The molecule has 112 valence electrons. The van der Waals surface area contributed by atoms with E-state index in [0.717, 1.165) is 42.9 Å². The monoisotopic (exact) mass is 267 g/mol. The van der Waals surface area contributed by atoms with Gasteiger partial charge in [0.05, 0.1) is 0 Å². The molecule has 0 radical (unpaired) electrons. The fourth-order valence-corrected chi connectivity index (χ4v) is 4.07. The second-order valence-corrected chi connectivity index (χ2v) is 7.38. The molecule has 0 aromatic heterocycles. The second kappa shape index (κ2) is 7.64. The summed E-state index contributed by atoms with van der Waals surface area (Å²) >= 11 is 0. The number of nitrogens with one attached hydrogen (secondary N) is 1. The van der Waals surface area contributed by atoms with Gasteiger partial charge in [0.25, 0.3) is 0 Å². The van der Waals surface area contributed by atoms with Crippen molar-refractivity contribution in [2.24, 2.45) is 23.7 Å². The second-order valence-electron chi connectivity index (χ2n) is 7.38. The fourth-order valence-electron chi connectivity index (χ4n) is 4.07. The molecule has 1 N–H and O–H groups in total. The Morgan fingerprint density at radius 1 is 1.05 bits per heavy atom. The van der Waals surface area contributed by atoms with Crippen LogP contribution < -0.4 is 5.32 Å². The molecule has 0 spiro atoms. The van der Waals surface area contributed by atoms with E-state index in [1.165, 1.54) is 45.1 Å². The lowest BCUT2D eigenvalue weighted by atomic mass is 9.77. The highest BCUT2D eigenvalue weighted by Crippen LogP contribution is 2.33. The normalized spacial score (nSPS) is 33.8. The summed E-state index contributed by atoms with van der Waals surface area (Å²) in [5.74, 6) is 3.40. The van der Waals surface area contributed by atoms with Gasteiger partial charge in [-0.1, -0.05) is 20.8 Å². The molecule has 2 heterocycles. The summed E-state index contributed by atoms with van der Waals surface area (Å²) in [6, 6.07) is 0.794. The van der Waals surface area contributed by atoms with E-state index in [-0.39, 0.29) is 0 Å². The van der Waals surface area contributed by atoms with E-state index in [0.29, 0.717) is 0 Å². The van der Waals surface area contributed by atoms with Crippen molar-refractivity contribution in [2.45, 2.75) is 65.3 Å². The molecule has 0 amide bonds. The molecule has 2 nitrogen and oxygen atoms in total. The van der Waals surface area contributed by atoms with Gasteiger partial charge in [-0.2, -0.15) is 0 Å². The van der Waals surface area contributed by atoms with Gasteiger partial charge in [0, 0.05) is 19.3 Å². The van der Waals surface area contributed by atoms with Crippen LogP contribution in [0.3, 0.4) is 0 Å². The summed E-state index contributed by atoms with van der Waals surface area (Å²) in [5.41, 5.74) is 0. The maximum atomic E-state index is 5.75. The van der Waals surface area contributed by atoms with E-state index >= 15 is 0 Å². The van der Waals surface area contributed by atoms with Gasteiger partial charge in [-0.3, -0.25) is 0 Å².